The molecule has 24 heavy (non-hydrogen) atoms. The largest absolute Gasteiger partial charge is 0.354 e. The van der Waals surface area contributed by atoms with E-state index in [9.17, 15) is 4.79 Å². The van der Waals surface area contributed by atoms with Gasteiger partial charge in [0.2, 0.25) is 5.91 Å². The molecule has 0 radical (unpaired) electrons. The summed E-state index contributed by atoms with van der Waals surface area (Å²) in [5.41, 5.74) is 1.05. The van der Waals surface area contributed by atoms with Crippen LogP contribution in [0.2, 0.25) is 5.02 Å². The second-order valence-electron chi connectivity index (χ2n) is 5.85. The van der Waals surface area contributed by atoms with Crippen molar-refractivity contribution in [3.8, 4) is 0 Å². The van der Waals surface area contributed by atoms with Crippen molar-refractivity contribution < 1.29 is 4.79 Å². The second kappa shape index (κ2) is 8.13. The lowest BCUT2D eigenvalue weighted by molar-refractivity contribution is -0.122. The van der Waals surface area contributed by atoms with Gasteiger partial charge in [0, 0.05) is 43.9 Å². The van der Waals surface area contributed by atoms with E-state index in [0.717, 1.165) is 37.6 Å². The van der Waals surface area contributed by atoms with E-state index >= 15 is 0 Å². The number of nitrogens with zero attached hydrogens (tertiary/aromatic N) is 3. The normalized spacial score (nSPS) is 15.3. The van der Waals surface area contributed by atoms with E-state index in [0.29, 0.717) is 18.1 Å². The fourth-order valence-electron chi connectivity index (χ4n) is 2.74. The van der Waals surface area contributed by atoms with Crippen LogP contribution in [-0.2, 0) is 11.3 Å². The number of hydrogen-bond acceptors (Lipinski definition) is 4. The van der Waals surface area contributed by atoms with Crippen molar-refractivity contribution in [2.45, 2.75) is 6.54 Å². The summed E-state index contributed by atoms with van der Waals surface area (Å²) in [7, 11) is 0. The van der Waals surface area contributed by atoms with Gasteiger partial charge in [-0.25, -0.2) is 4.98 Å². The topological polar surface area (TPSA) is 48.5 Å². The average molecular weight is 345 g/mol. The third-order valence-corrected chi connectivity index (χ3v) is 4.37. The Kier molecular flexibility index (Phi) is 5.67. The molecule has 1 aromatic heterocycles. The Bertz CT molecular complexity index is 654. The first kappa shape index (κ1) is 16.7. The van der Waals surface area contributed by atoms with Gasteiger partial charge >= 0.3 is 0 Å². The van der Waals surface area contributed by atoms with Gasteiger partial charge in [-0.05, 0) is 29.8 Å². The first-order valence-corrected chi connectivity index (χ1v) is 8.48. The van der Waals surface area contributed by atoms with Gasteiger partial charge in [0.25, 0.3) is 0 Å². The molecular formula is C18H21ClN4O. The molecule has 3 rings (SSSR count). The van der Waals surface area contributed by atoms with Crippen molar-refractivity contribution in [1.29, 1.82) is 0 Å². The smallest absolute Gasteiger partial charge is 0.234 e. The lowest BCUT2D eigenvalue weighted by atomic mass is 10.2. The molecule has 1 aliphatic rings. The Balaban J connectivity index is 1.41. The Morgan fingerprint density at radius 2 is 1.83 bits per heavy atom. The van der Waals surface area contributed by atoms with Crippen molar-refractivity contribution in [2.75, 3.05) is 37.6 Å². The first-order chi connectivity index (χ1) is 11.7. The van der Waals surface area contributed by atoms with Crippen LogP contribution < -0.4 is 10.2 Å². The van der Waals surface area contributed by atoms with E-state index in [1.54, 1.807) is 0 Å². The van der Waals surface area contributed by atoms with E-state index in [1.165, 1.54) is 0 Å². The number of aromatic nitrogens is 1. The van der Waals surface area contributed by atoms with Gasteiger partial charge in [-0.15, -0.1) is 0 Å². The Hall–Kier alpha value is -2.11. The summed E-state index contributed by atoms with van der Waals surface area (Å²) in [4.78, 5) is 20.9. The number of halogens is 1. The molecule has 0 bridgehead atoms. The standard InChI is InChI=1S/C18H21ClN4O/c19-16-6-4-15(5-7-16)13-21-18(24)14-22-9-11-23(12-10-22)17-3-1-2-8-20-17/h1-8H,9-14H2,(H,21,24). The van der Waals surface area contributed by atoms with Gasteiger partial charge in [0.1, 0.15) is 5.82 Å². The number of pyridine rings is 1. The SMILES string of the molecule is O=C(CN1CCN(c2ccccn2)CC1)NCc1ccc(Cl)cc1. The maximum Gasteiger partial charge on any atom is 0.234 e. The minimum Gasteiger partial charge on any atom is -0.354 e. The van der Waals surface area contributed by atoms with Crippen LogP contribution in [-0.4, -0.2) is 48.5 Å². The molecule has 0 aliphatic carbocycles. The molecule has 1 saturated heterocycles. The van der Waals surface area contributed by atoms with Crippen LogP contribution in [0.4, 0.5) is 5.82 Å². The number of rotatable bonds is 5. The van der Waals surface area contributed by atoms with Crippen molar-refractivity contribution >= 4 is 23.3 Å². The number of carbonyl (C=O) groups is 1. The molecular weight excluding hydrogens is 324 g/mol. The van der Waals surface area contributed by atoms with E-state index in [2.05, 4.69) is 20.1 Å². The minimum absolute atomic E-state index is 0.0521. The zero-order valence-electron chi connectivity index (χ0n) is 13.5. The molecule has 0 atom stereocenters. The van der Waals surface area contributed by atoms with Crippen molar-refractivity contribution in [3.05, 3.63) is 59.2 Å². The highest BCUT2D eigenvalue weighted by molar-refractivity contribution is 6.30. The highest BCUT2D eigenvalue weighted by Crippen LogP contribution is 2.12. The quantitative estimate of drug-likeness (QED) is 0.903. The summed E-state index contributed by atoms with van der Waals surface area (Å²) < 4.78 is 0. The molecule has 0 unspecified atom stereocenters. The number of amides is 1. The lowest BCUT2D eigenvalue weighted by Crippen LogP contribution is -2.49. The predicted molar refractivity (Wildman–Crippen MR) is 96.2 cm³/mol. The molecule has 2 aromatic rings. The van der Waals surface area contributed by atoms with Crippen LogP contribution in [0.25, 0.3) is 0 Å². The second-order valence-corrected chi connectivity index (χ2v) is 6.29. The molecule has 1 aromatic carbocycles. The summed E-state index contributed by atoms with van der Waals surface area (Å²) >= 11 is 5.86. The van der Waals surface area contributed by atoms with Crippen LogP contribution in [0.5, 0.6) is 0 Å². The van der Waals surface area contributed by atoms with E-state index in [-0.39, 0.29) is 5.91 Å². The van der Waals surface area contributed by atoms with Gasteiger partial charge in [-0.3, -0.25) is 9.69 Å². The fourth-order valence-corrected chi connectivity index (χ4v) is 2.86. The molecule has 1 N–H and O–H groups in total. The van der Waals surface area contributed by atoms with Crippen molar-refractivity contribution in [1.82, 2.24) is 15.2 Å². The van der Waals surface area contributed by atoms with Crippen molar-refractivity contribution in [3.63, 3.8) is 0 Å². The molecule has 2 heterocycles. The van der Waals surface area contributed by atoms with E-state index in [1.807, 2.05) is 48.7 Å². The third kappa shape index (κ3) is 4.69. The summed E-state index contributed by atoms with van der Waals surface area (Å²) in [5.74, 6) is 1.06. The number of hydrogen-bond donors (Lipinski definition) is 1. The maximum absolute atomic E-state index is 12.1. The van der Waals surface area contributed by atoms with E-state index < -0.39 is 0 Å². The Morgan fingerprint density at radius 3 is 2.50 bits per heavy atom. The summed E-state index contributed by atoms with van der Waals surface area (Å²) in [6.45, 7) is 4.48. The van der Waals surface area contributed by atoms with Gasteiger partial charge in [0.15, 0.2) is 0 Å². The number of carbonyl (C=O) groups excluding carboxylic acids is 1. The molecule has 1 amide bonds. The predicted octanol–water partition coefficient (Wildman–Crippen LogP) is 2.17. The molecule has 0 saturated carbocycles. The van der Waals surface area contributed by atoms with Crippen LogP contribution >= 0.6 is 11.6 Å². The molecule has 6 heteroatoms. The Labute approximate surface area is 147 Å². The van der Waals surface area contributed by atoms with Gasteiger partial charge in [-0.1, -0.05) is 29.8 Å². The van der Waals surface area contributed by atoms with E-state index in [4.69, 9.17) is 11.6 Å². The molecule has 1 aliphatic heterocycles. The summed E-state index contributed by atoms with van der Waals surface area (Å²) in [5, 5.41) is 3.66. The van der Waals surface area contributed by atoms with Gasteiger partial charge < -0.3 is 10.2 Å². The highest BCUT2D eigenvalue weighted by Gasteiger charge is 2.19. The van der Waals surface area contributed by atoms with Crippen molar-refractivity contribution in [2.24, 2.45) is 0 Å². The molecule has 126 valence electrons. The lowest BCUT2D eigenvalue weighted by Gasteiger charge is -2.34. The monoisotopic (exact) mass is 344 g/mol. The number of anilines is 1. The maximum atomic E-state index is 12.1. The zero-order chi connectivity index (χ0) is 16.8. The molecule has 1 fully saturated rings. The first-order valence-electron chi connectivity index (χ1n) is 8.10. The fraction of sp³-hybridized carbons (Fsp3) is 0.333. The van der Waals surface area contributed by atoms with Crippen LogP contribution in [0.1, 0.15) is 5.56 Å². The minimum atomic E-state index is 0.0521. The average Bonchev–Trinajstić information content (AvgIpc) is 2.63. The number of benzene rings is 1. The Morgan fingerprint density at radius 1 is 1.08 bits per heavy atom. The zero-order valence-corrected chi connectivity index (χ0v) is 14.2. The van der Waals surface area contributed by atoms with Crippen LogP contribution in [0.3, 0.4) is 0 Å². The van der Waals surface area contributed by atoms with Crippen LogP contribution in [0, 0.1) is 0 Å². The summed E-state index contributed by atoms with van der Waals surface area (Å²) in [6.07, 6.45) is 1.81. The van der Waals surface area contributed by atoms with Gasteiger partial charge in [-0.2, -0.15) is 0 Å². The molecule has 5 nitrogen and oxygen atoms in total. The highest BCUT2D eigenvalue weighted by atomic mass is 35.5. The van der Waals surface area contributed by atoms with Gasteiger partial charge in [0.05, 0.1) is 6.54 Å². The third-order valence-electron chi connectivity index (χ3n) is 4.12. The number of piperazine rings is 1. The molecule has 0 spiro atoms. The van der Waals surface area contributed by atoms with Crippen LogP contribution in [0.15, 0.2) is 48.7 Å². The summed E-state index contributed by atoms with van der Waals surface area (Å²) in [6, 6.07) is 13.5. The number of nitrogens with one attached hydrogen (secondary N) is 1.